The number of halogens is 1. The first-order valence-electron chi connectivity index (χ1n) is 7.46. The minimum Gasteiger partial charge on any atom is -0.507 e. The van der Waals surface area contributed by atoms with Gasteiger partial charge in [-0.15, -0.1) is 12.4 Å². The molecule has 0 spiro atoms. The Morgan fingerprint density at radius 3 is 2.50 bits per heavy atom. The molecule has 1 atom stereocenters. The number of ether oxygens (including phenoxy) is 1. The van der Waals surface area contributed by atoms with Crippen LogP contribution in [0.3, 0.4) is 0 Å². The minimum absolute atomic E-state index is 0. The molecule has 0 saturated heterocycles. The fourth-order valence-corrected chi connectivity index (χ4v) is 2.25. The van der Waals surface area contributed by atoms with Gasteiger partial charge in [0.1, 0.15) is 18.1 Å². The standard InChI is InChI=1S/C18H23NO2.ClH/c1-2-3-9-17(19)16-11-10-15(12-18(16)20)21-13-14-7-5-4-6-8-14;/h4-8,10-12,17,20H,2-3,9,13,19H2,1H3;1H/t17-;/m0./s1. The van der Waals surface area contributed by atoms with Crippen molar-refractivity contribution in [3.8, 4) is 11.5 Å². The van der Waals surface area contributed by atoms with Crippen LogP contribution in [0.5, 0.6) is 11.5 Å². The number of unbranched alkanes of at least 4 members (excludes halogenated alkanes) is 1. The number of aromatic hydroxyl groups is 1. The SMILES string of the molecule is CCCC[C@H](N)c1ccc(OCc2ccccc2)cc1O.Cl. The van der Waals surface area contributed by atoms with E-state index in [4.69, 9.17) is 10.5 Å². The van der Waals surface area contributed by atoms with E-state index in [1.165, 1.54) is 0 Å². The van der Waals surface area contributed by atoms with Gasteiger partial charge in [-0.25, -0.2) is 0 Å². The van der Waals surface area contributed by atoms with Gasteiger partial charge in [0.2, 0.25) is 0 Å². The molecule has 0 aliphatic heterocycles. The van der Waals surface area contributed by atoms with Gasteiger partial charge >= 0.3 is 0 Å². The molecule has 3 N–H and O–H groups in total. The van der Waals surface area contributed by atoms with Crippen molar-refractivity contribution in [1.29, 1.82) is 0 Å². The molecular weight excluding hydrogens is 298 g/mol. The number of hydrogen-bond donors (Lipinski definition) is 2. The van der Waals surface area contributed by atoms with E-state index in [2.05, 4.69) is 6.92 Å². The fourth-order valence-electron chi connectivity index (χ4n) is 2.25. The van der Waals surface area contributed by atoms with E-state index in [1.54, 1.807) is 6.07 Å². The zero-order chi connectivity index (χ0) is 15.1. The maximum Gasteiger partial charge on any atom is 0.124 e. The Kier molecular flexibility index (Phi) is 7.78. The Labute approximate surface area is 138 Å². The summed E-state index contributed by atoms with van der Waals surface area (Å²) in [6, 6.07) is 15.2. The van der Waals surface area contributed by atoms with E-state index >= 15 is 0 Å². The van der Waals surface area contributed by atoms with Crippen molar-refractivity contribution in [2.75, 3.05) is 0 Å². The Bertz CT molecular complexity index is 560. The van der Waals surface area contributed by atoms with Crippen molar-refractivity contribution in [1.82, 2.24) is 0 Å². The summed E-state index contributed by atoms with van der Waals surface area (Å²) in [5.41, 5.74) is 7.98. The van der Waals surface area contributed by atoms with Gasteiger partial charge in [0.15, 0.2) is 0 Å². The largest absolute Gasteiger partial charge is 0.507 e. The summed E-state index contributed by atoms with van der Waals surface area (Å²) in [5.74, 6) is 0.868. The number of rotatable bonds is 7. The number of phenols is 1. The molecule has 2 aromatic rings. The van der Waals surface area contributed by atoms with Gasteiger partial charge in [-0.3, -0.25) is 0 Å². The molecule has 0 fully saturated rings. The molecule has 3 nitrogen and oxygen atoms in total. The van der Waals surface area contributed by atoms with E-state index in [9.17, 15) is 5.11 Å². The highest BCUT2D eigenvalue weighted by atomic mass is 35.5. The summed E-state index contributed by atoms with van der Waals surface area (Å²) >= 11 is 0. The minimum atomic E-state index is -0.117. The van der Waals surface area contributed by atoms with Gasteiger partial charge in [0.05, 0.1) is 0 Å². The lowest BCUT2D eigenvalue weighted by Crippen LogP contribution is -2.10. The van der Waals surface area contributed by atoms with Gasteiger partial charge in [-0.1, -0.05) is 56.2 Å². The summed E-state index contributed by atoms with van der Waals surface area (Å²) in [7, 11) is 0. The maximum absolute atomic E-state index is 10.1. The van der Waals surface area contributed by atoms with Crippen LogP contribution in [0.25, 0.3) is 0 Å². The van der Waals surface area contributed by atoms with Crippen LogP contribution in [0.1, 0.15) is 43.4 Å². The summed E-state index contributed by atoms with van der Waals surface area (Å²) in [6.07, 6.45) is 3.05. The summed E-state index contributed by atoms with van der Waals surface area (Å²) in [4.78, 5) is 0. The van der Waals surface area contributed by atoms with Crippen molar-refractivity contribution in [3.05, 3.63) is 59.7 Å². The molecule has 4 heteroatoms. The average Bonchev–Trinajstić information content (AvgIpc) is 2.51. The molecule has 0 aliphatic carbocycles. The van der Waals surface area contributed by atoms with Crippen LogP contribution in [0.2, 0.25) is 0 Å². The third-order valence-electron chi connectivity index (χ3n) is 3.52. The van der Waals surface area contributed by atoms with Crippen LogP contribution in [0, 0.1) is 0 Å². The number of nitrogens with two attached hydrogens (primary N) is 1. The lowest BCUT2D eigenvalue weighted by atomic mass is 10.0. The van der Waals surface area contributed by atoms with Gasteiger partial charge in [-0.05, 0) is 18.1 Å². The van der Waals surface area contributed by atoms with Crippen molar-refractivity contribution in [3.63, 3.8) is 0 Å². The fraction of sp³-hybridized carbons (Fsp3) is 0.333. The summed E-state index contributed by atoms with van der Waals surface area (Å²) < 4.78 is 5.69. The highest BCUT2D eigenvalue weighted by Gasteiger charge is 2.11. The third kappa shape index (κ3) is 5.24. The van der Waals surface area contributed by atoms with Gasteiger partial charge < -0.3 is 15.6 Å². The quantitative estimate of drug-likeness (QED) is 0.784. The maximum atomic E-state index is 10.1. The molecule has 120 valence electrons. The first kappa shape index (κ1) is 18.3. The monoisotopic (exact) mass is 321 g/mol. The second kappa shape index (κ2) is 9.34. The Morgan fingerprint density at radius 2 is 1.86 bits per heavy atom. The Balaban J connectivity index is 0.00000242. The molecule has 0 aliphatic rings. The second-order valence-electron chi connectivity index (χ2n) is 5.24. The van der Waals surface area contributed by atoms with Crippen molar-refractivity contribution < 1.29 is 9.84 Å². The van der Waals surface area contributed by atoms with E-state index in [-0.39, 0.29) is 24.2 Å². The van der Waals surface area contributed by atoms with Crippen LogP contribution in [0.15, 0.2) is 48.5 Å². The predicted octanol–water partition coefficient (Wildman–Crippen LogP) is 4.58. The molecule has 0 aromatic heterocycles. The first-order valence-corrected chi connectivity index (χ1v) is 7.46. The lowest BCUT2D eigenvalue weighted by Gasteiger charge is -2.14. The Hall–Kier alpha value is -1.71. The second-order valence-corrected chi connectivity index (χ2v) is 5.24. The highest BCUT2D eigenvalue weighted by Crippen LogP contribution is 2.30. The van der Waals surface area contributed by atoms with Gasteiger partial charge in [0.25, 0.3) is 0 Å². The molecule has 0 saturated carbocycles. The van der Waals surface area contributed by atoms with Crippen LogP contribution in [0.4, 0.5) is 0 Å². The summed E-state index contributed by atoms with van der Waals surface area (Å²) in [6.45, 7) is 2.62. The molecule has 2 aromatic carbocycles. The van der Waals surface area contributed by atoms with Crippen LogP contribution in [-0.4, -0.2) is 5.11 Å². The third-order valence-corrected chi connectivity index (χ3v) is 3.52. The number of phenolic OH excluding ortho intramolecular Hbond substituents is 1. The topological polar surface area (TPSA) is 55.5 Å². The van der Waals surface area contributed by atoms with Crippen LogP contribution < -0.4 is 10.5 Å². The van der Waals surface area contributed by atoms with E-state index < -0.39 is 0 Å². The summed E-state index contributed by atoms with van der Waals surface area (Å²) in [5, 5.41) is 10.1. The molecule has 0 unspecified atom stereocenters. The number of benzene rings is 2. The molecule has 22 heavy (non-hydrogen) atoms. The van der Waals surface area contributed by atoms with E-state index in [0.717, 1.165) is 30.4 Å². The van der Waals surface area contributed by atoms with Gasteiger partial charge in [0, 0.05) is 17.7 Å². The normalized spacial score (nSPS) is 11.5. The van der Waals surface area contributed by atoms with E-state index in [1.807, 2.05) is 42.5 Å². The van der Waals surface area contributed by atoms with Crippen molar-refractivity contribution in [2.24, 2.45) is 5.73 Å². The Morgan fingerprint density at radius 1 is 1.14 bits per heavy atom. The molecule has 2 rings (SSSR count). The molecule has 0 bridgehead atoms. The zero-order valence-corrected chi connectivity index (χ0v) is 13.7. The smallest absolute Gasteiger partial charge is 0.124 e. The first-order chi connectivity index (χ1) is 10.2. The van der Waals surface area contributed by atoms with Crippen LogP contribution in [-0.2, 0) is 6.61 Å². The molecular formula is C18H24ClNO2. The van der Waals surface area contributed by atoms with Crippen LogP contribution >= 0.6 is 12.4 Å². The van der Waals surface area contributed by atoms with Gasteiger partial charge in [-0.2, -0.15) is 0 Å². The zero-order valence-electron chi connectivity index (χ0n) is 12.9. The van der Waals surface area contributed by atoms with E-state index in [0.29, 0.717) is 12.4 Å². The molecule has 0 radical (unpaired) electrons. The number of hydrogen-bond acceptors (Lipinski definition) is 3. The molecule has 0 amide bonds. The lowest BCUT2D eigenvalue weighted by molar-refractivity contribution is 0.304. The van der Waals surface area contributed by atoms with Crippen molar-refractivity contribution >= 4 is 12.4 Å². The average molecular weight is 322 g/mol. The predicted molar refractivity (Wildman–Crippen MR) is 92.6 cm³/mol. The highest BCUT2D eigenvalue weighted by molar-refractivity contribution is 5.85. The van der Waals surface area contributed by atoms with Crippen molar-refractivity contribution in [2.45, 2.75) is 38.8 Å². The molecule has 0 heterocycles.